The Balaban J connectivity index is 3.12. The lowest BCUT2D eigenvalue weighted by atomic mass is 10.1. The van der Waals surface area contributed by atoms with E-state index in [0.717, 1.165) is 12.3 Å². The van der Waals surface area contributed by atoms with Gasteiger partial charge in [-0.05, 0) is 26.0 Å². The van der Waals surface area contributed by atoms with Gasteiger partial charge in [0.2, 0.25) is 0 Å². The molecule has 0 atom stereocenters. The van der Waals surface area contributed by atoms with E-state index in [2.05, 4.69) is 5.32 Å². The largest absolute Gasteiger partial charge is 0.377 e. The second kappa shape index (κ2) is 5.76. The molecule has 0 aliphatic carbocycles. The van der Waals surface area contributed by atoms with Crippen molar-refractivity contribution >= 4 is 21.2 Å². The molecule has 112 valence electrons. The third-order valence-electron chi connectivity index (χ3n) is 2.85. The van der Waals surface area contributed by atoms with Crippen LogP contribution in [0.2, 0.25) is 0 Å². The molecule has 1 aromatic carbocycles. The minimum Gasteiger partial charge on any atom is -0.377 e. The zero-order chi connectivity index (χ0) is 15.6. The van der Waals surface area contributed by atoms with Crippen LogP contribution in [0.4, 0.5) is 11.4 Å². The molecule has 0 heterocycles. The second-order valence-electron chi connectivity index (χ2n) is 5.03. The van der Waals surface area contributed by atoms with Gasteiger partial charge in [-0.2, -0.15) is 0 Å². The number of nitrogens with one attached hydrogen (secondary N) is 1. The quantitative estimate of drug-likeness (QED) is 0.636. The fraction of sp³-hybridized carbons (Fsp3) is 0.500. The summed E-state index contributed by atoms with van der Waals surface area (Å²) in [6.07, 6.45) is 1.01. The number of ether oxygens (including phenoxy) is 1. The Morgan fingerprint density at radius 1 is 1.40 bits per heavy atom. The van der Waals surface area contributed by atoms with Gasteiger partial charge in [0.25, 0.3) is 5.69 Å². The van der Waals surface area contributed by atoms with Gasteiger partial charge in [0.05, 0.1) is 15.4 Å². The Hall–Kier alpha value is -1.67. The first-order chi connectivity index (χ1) is 9.07. The molecule has 20 heavy (non-hydrogen) atoms. The molecule has 8 heteroatoms. The third kappa shape index (κ3) is 4.17. The van der Waals surface area contributed by atoms with Gasteiger partial charge in [-0.25, -0.2) is 8.42 Å². The van der Waals surface area contributed by atoms with E-state index >= 15 is 0 Å². The fourth-order valence-corrected chi connectivity index (χ4v) is 2.06. The predicted molar refractivity (Wildman–Crippen MR) is 75.8 cm³/mol. The van der Waals surface area contributed by atoms with Crippen molar-refractivity contribution in [2.24, 2.45) is 0 Å². The molecule has 0 bridgehead atoms. The Morgan fingerprint density at radius 2 is 2.00 bits per heavy atom. The summed E-state index contributed by atoms with van der Waals surface area (Å²) in [6.45, 7) is 4.01. The number of nitro groups is 1. The molecule has 0 spiro atoms. The van der Waals surface area contributed by atoms with Gasteiger partial charge in [0, 0.05) is 26.0 Å². The smallest absolute Gasteiger partial charge is 0.293 e. The summed E-state index contributed by atoms with van der Waals surface area (Å²) in [4.78, 5) is 10.3. The normalized spacial score (nSPS) is 12.2. The van der Waals surface area contributed by atoms with Gasteiger partial charge in [-0.3, -0.25) is 10.1 Å². The minimum absolute atomic E-state index is 0.0826. The van der Waals surface area contributed by atoms with E-state index in [-0.39, 0.29) is 16.3 Å². The van der Waals surface area contributed by atoms with Gasteiger partial charge in [0.15, 0.2) is 9.84 Å². The molecule has 1 aromatic rings. The minimum atomic E-state index is -3.48. The summed E-state index contributed by atoms with van der Waals surface area (Å²) in [5.74, 6) is 0. The number of nitrogens with zero attached hydrogens (tertiary/aromatic N) is 1. The number of rotatable bonds is 6. The molecule has 0 radical (unpaired) electrons. The zero-order valence-corrected chi connectivity index (χ0v) is 12.7. The number of anilines is 1. The Morgan fingerprint density at radius 3 is 2.45 bits per heavy atom. The molecule has 0 fully saturated rings. The Kier molecular flexibility index (Phi) is 4.72. The van der Waals surface area contributed by atoms with Crippen LogP contribution in [0.3, 0.4) is 0 Å². The van der Waals surface area contributed by atoms with Crippen molar-refractivity contribution in [3.05, 3.63) is 28.3 Å². The summed E-state index contributed by atoms with van der Waals surface area (Å²) >= 11 is 0. The van der Waals surface area contributed by atoms with E-state index in [4.69, 9.17) is 4.74 Å². The molecule has 7 nitrogen and oxygen atoms in total. The summed E-state index contributed by atoms with van der Waals surface area (Å²) in [5.41, 5.74) is -0.518. The SMILES string of the molecule is COC(C)(C)CNc1ccc(S(C)(=O)=O)cc1[N+](=O)[O-]. The number of sulfone groups is 1. The number of nitro benzene ring substituents is 1. The van der Waals surface area contributed by atoms with Crippen molar-refractivity contribution in [1.82, 2.24) is 0 Å². The summed E-state index contributed by atoms with van der Waals surface area (Å²) in [6, 6.07) is 3.78. The number of hydrogen-bond acceptors (Lipinski definition) is 6. The highest BCUT2D eigenvalue weighted by atomic mass is 32.2. The third-order valence-corrected chi connectivity index (χ3v) is 3.96. The van der Waals surface area contributed by atoms with Crippen molar-refractivity contribution < 1.29 is 18.1 Å². The summed E-state index contributed by atoms with van der Waals surface area (Å²) in [7, 11) is -1.94. The first-order valence-electron chi connectivity index (χ1n) is 5.84. The molecule has 0 saturated carbocycles. The van der Waals surface area contributed by atoms with Crippen LogP contribution < -0.4 is 5.32 Å². The molecule has 1 rings (SSSR count). The van der Waals surface area contributed by atoms with Crippen LogP contribution in [0, 0.1) is 10.1 Å². The highest BCUT2D eigenvalue weighted by molar-refractivity contribution is 7.90. The molecule has 0 amide bonds. The lowest BCUT2D eigenvalue weighted by Gasteiger charge is -2.23. The standard InChI is InChI=1S/C12H18N2O5S/c1-12(2,19-3)8-13-10-6-5-9(20(4,17)18)7-11(10)14(15)16/h5-7,13H,8H2,1-4H3. The van der Waals surface area contributed by atoms with Gasteiger partial charge >= 0.3 is 0 Å². The van der Waals surface area contributed by atoms with Crippen molar-refractivity contribution in [3.8, 4) is 0 Å². The number of benzene rings is 1. The van der Waals surface area contributed by atoms with E-state index < -0.39 is 20.4 Å². The van der Waals surface area contributed by atoms with Crippen LogP contribution in [0.15, 0.2) is 23.1 Å². The van der Waals surface area contributed by atoms with Crippen LogP contribution in [-0.2, 0) is 14.6 Å². The molecular formula is C12H18N2O5S. The van der Waals surface area contributed by atoms with E-state index in [1.165, 1.54) is 12.1 Å². The van der Waals surface area contributed by atoms with Crippen molar-refractivity contribution in [1.29, 1.82) is 0 Å². The first-order valence-corrected chi connectivity index (χ1v) is 7.73. The molecule has 1 N–H and O–H groups in total. The lowest BCUT2D eigenvalue weighted by Crippen LogP contribution is -2.32. The van der Waals surface area contributed by atoms with E-state index in [1.54, 1.807) is 7.11 Å². The van der Waals surface area contributed by atoms with E-state index in [0.29, 0.717) is 6.54 Å². The monoisotopic (exact) mass is 302 g/mol. The maximum atomic E-state index is 11.4. The first kappa shape index (κ1) is 16.4. The van der Waals surface area contributed by atoms with E-state index in [9.17, 15) is 18.5 Å². The average molecular weight is 302 g/mol. The highest BCUT2D eigenvalue weighted by Gasteiger charge is 2.21. The second-order valence-corrected chi connectivity index (χ2v) is 7.04. The zero-order valence-electron chi connectivity index (χ0n) is 11.8. The molecular weight excluding hydrogens is 284 g/mol. The maximum Gasteiger partial charge on any atom is 0.293 e. The molecule has 0 aliphatic rings. The van der Waals surface area contributed by atoms with Gasteiger partial charge < -0.3 is 10.1 Å². The topological polar surface area (TPSA) is 98.5 Å². The fourth-order valence-electron chi connectivity index (χ4n) is 1.42. The van der Waals surface area contributed by atoms with Crippen LogP contribution >= 0.6 is 0 Å². The molecule has 0 aromatic heterocycles. The average Bonchev–Trinajstić information content (AvgIpc) is 2.35. The highest BCUT2D eigenvalue weighted by Crippen LogP contribution is 2.28. The van der Waals surface area contributed by atoms with Gasteiger partial charge in [-0.15, -0.1) is 0 Å². The van der Waals surface area contributed by atoms with Crippen molar-refractivity contribution in [3.63, 3.8) is 0 Å². The van der Waals surface area contributed by atoms with E-state index in [1.807, 2.05) is 13.8 Å². The number of methoxy groups -OCH3 is 1. The molecule has 0 unspecified atom stereocenters. The maximum absolute atomic E-state index is 11.4. The Bertz CT molecular complexity index is 610. The predicted octanol–water partition coefficient (Wildman–Crippen LogP) is 1.84. The van der Waals surface area contributed by atoms with Crippen LogP contribution in [0.5, 0.6) is 0 Å². The Labute approximate surface area is 118 Å². The van der Waals surface area contributed by atoms with Gasteiger partial charge in [0.1, 0.15) is 5.69 Å². The summed E-state index contributed by atoms with van der Waals surface area (Å²) in [5, 5.41) is 13.9. The van der Waals surface area contributed by atoms with Crippen LogP contribution in [0.1, 0.15) is 13.8 Å². The van der Waals surface area contributed by atoms with Gasteiger partial charge in [-0.1, -0.05) is 0 Å². The number of hydrogen-bond donors (Lipinski definition) is 1. The van der Waals surface area contributed by atoms with Crippen LogP contribution in [0.25, 0.3) is 0 Å². The molecule has 0 saturated heterocycles. The van der Waals surface area contributed by atoms with Crippen molar-refractivity contribution in [2.75, 3.05) is 25.2 Å². The molecule has 0 aliphatic heterocycles. The van der Waals surface area contributed by atoms with Crippen molar-refractivity contribution in [2.45, 2.75) is 24.3 Å². The van der Waals surface area contributed by atoms with Crippen LogP contribution in [-0.4, -0.2) is 38.9 Å². The summed E-state index contributed by atoms with van der Waals surface area (Å²) < 4.78 is 28.0. The lowest BCUT2D eigenvalue weighted by molar-refractivity contribution is -0.384.